The number of aryl methyl sites for hydroxylation is 3. The molecule has 0 saturated heterocycles. The summed E-state index contributed by atoms with van der Waals surface area (Å²) in [6.07, 6.45) is 4.37. The summed E-state index contributed by atoms with van der Waals surface area (Å²) >= 11 is 0. The number of carbonyl (C=O) groups excluding carboxylic acids is 1. The third-order valence-corrected chi connectivity index (χ3v) is 6.18. The molecule has 5 nitrogen and oxygen atoms in total. The van der Waals surface area contributed by atoms with Crippen LogP contribution >= 0.6 is 0 Å². The van der Waals surface area contributed by atoms with Gasteiger partial charge in [-0.3, -0.25) is 14.6 Å². The van der Waals surface area contributed by atoms with E-state index in [4.69, 9.17) is 4.42 Å². The minimum absolute atomic E-state index is 0.139. The maximum atomic E-state index is 13.7. The lowest BCUT2D eigenvalue weighted by Crippen LogP contribution is -2.29. The minimum Gasteiger partial charge on any atom is -0.450 e. The van der Waals surface area contributed by atoms with Gasteiger partial charge in [-0.25, -0.2) is 0 Å². The van der Waals surface area contributed by atoms with E-state index >= 15 is 0 Å². The molecule has 0 unspecified atom stereocenters. The van der Waals surface area contributed by atoms with Crippen LogP contribution in [-0.4, -0.2) is 15.8 Å². The van der Waals surface area contributed by atoms with Gasteiger partial charge in [-0.2, -0.15) is 0 Å². The Morgan fingerprint density at radius 3 is 2.50 bits per heavy atom. The number of carbonyl (C=O) groups is 1. The molecule has 32 heavy (non-hydrogen) atoms. The van der Waals surface area contributed by atoms with Crippen LogP contribution in [0.5, 0.6) is 0 Å². The summed E-state index contributed by atoms with van der Waals surface area (Å²) in [5.74, 6) is -0.129. The molecule has 5 rings (SSSR count). The molecule has 2 aromatic carbocycles. The van der Waals surface area contributed by atoms with Crippen molar-refractivity contribution in [2.75, 3.05) is 0 Å². The number of aromatic nitrogens is 1. The fourth-order valence-electron chi connectivity index (χ4n) is 4.61. The Morgan fingerprint density at radius 1 is 1.03 bits per heavy atom. The number of hydrogen-bond donors (Lipinski definition) is 0. The molecule has 0 fully saturated rings. The first-order chi connectivity index (χ1) is 15.5. The van der Waals surface area contributed by atoms with Gasteiger partial charge in [0.1, 0.15) is 5.58 Å². The average molecular weight is 425 g/mol. The van der Waals surface area contributed by atoms with Crippen LogP contribution in [0.25, 0.3) is 11.0 Å². The summed E-state index contributed by atoms with van der Waals surface area (Å²) in [5, 5.41) is 0.521. The predicted molar refractivity (Wildman–Crippen MR) is 124 cm³/mol. The molecule has 1 amide bonds. The zero-order chi connectivity index (χ0) is 22.4. The SMILES string of the molecule is CCc1ccc([C@H]2c3c(oc4c(C)cc(C)cc4c3=O)C(=O)N2Cc2cccnc2)cc1. The highest BCUT2D eigenvalue weighted by Crippen LogP contribution is 2.39. The van der Waals surface area contributed by atoms with Gasteiger partial charge >= 0.3 is 0 Å². The van der Waals surface area contributed by atoms with Gasteiger partial charge in [-0.05, 0) is 60.2 Å². The zero-order valence-corrected chi connectivity index (χ0v) is 18.4. The van der Waals surface area contributed by atoms with Crippen molar-refractivity contribution in [1.82, 2.24) is 9.88 Å². The molecular formula is C27H24N2O3. The molecule has 0 N–H and O–H groups in total. The third kappa shape index (κ3) is 3.21. The molecule has 0 bridgehead atoms. The number of benzene rings is 2. The Bertz CT molecular complexity index is 1390. The van der Waals surface area contributed by atoms with Gasteiger partial charge in [-0.15, -0.1) is 0 Å². The van der Waals surface area contributed by atoms with Crippen LogP contribution in [0, 0.1) is 13.8 Å². The lowest BCUT2D eigenvalue weighted by atomic mass is 9.96. The first-order valence-corrected chi connectivity index (χ1v) is 10.8. The molecule has 4 aromatic rings. The molecule has 0 aliphatic carbocycles. The van der Waals surface area contributed by atoms with E-state index in [9.17, 15) is 9.59 Å². The number of rotatable bonds is 4. The van der Waals surface area contributed by atoms with Gasteiger partial charge in [0, 0.05) is 18.9 Å². The molecule has 3 heterocycles. The topological polar surface area (TPSA) is 63.4 Å². The van der Waals surface area contributed by atoms with Gasteiger partial charge in [0.15, 0.2) is 5.43 Å². The second-order valence-corrected chi connectivity index (χ2v) is 8.42. The molecule has 160 valence electrons. The van der Waals surface area contributed by atoms with E-state index in [0.717, 1.165) is 28.7 Å². The molecular weight excluding hydrogens is 400 g/mol. The molecule has 5 heteroatoms. The van der Waals surface area contributed by atoms with Crippen molar-refractivity contribution >= 4 is 16.9 Å². The van der Waals surface area contributed by atoms with Crippen molar-refractivity contribution in [3.63, 3.8) is 0 Å². The highest BCUT2D eigenvalue weighted by Gasteiger charge is 2.42. The van der Waals surface area contributed by atoms with Gasteiger partial charge in [0.25, 0.3) is 5.91 Å². The Morgan fingerprint density at radius 2 is 1.81 bits per heavy atom. The summed E-state index contributed by atoms with van der Waals surface area (Å²) in [4.78, 5) is 33.2. The number of pyridine rings is 1. The first kappa shape index (κ1) is 20.2. The maximum Gasteiger partial charge on any atom is 0.291 e. The summed E-state index contributed by atoms with van der Waals surface area (Å²) in [6, 6.07) is 15.2. The van der Waals surface area contributed by atoms with E-state index in [1.165, 1.54) is 5.56 Å². The number of amides is 1. The summed E-state index contributed by atoms with van der Waals surface area (Å²) in [5.41, 5.74) is 5.59. The summed E-state index contributed by atoms with van der Waals surface area (Å²) in [6.45, 7) is 6.30. The van der Waals surface area contributed by atoms with Crippen molar-refractivity contribution in [3.05, 3.63) is 110 Å². The van der Waals surface area contributed by atoms with Gasteiger partial charge < -0.3 is 9.32 Å². The minimum atomic E-state index is -0.509. The molecule has 0 saturated carbocycles. The van der Waals surface area contributed by atoms with Crippen LogP contribution in [-0.2, 0) is 13.0 Å². The first-order valence-electron chi connectivity index (χ1n) is 10.8. The van der Waals surface area contributed by atoms with Crippen molar-refractivity contribution in [1.29, 1.82) is 0 Å². The summed E-state index contributed by atoms with van der Waals surface area (Å²) < 4.78 is 6.14. The highest BCUT2D eigenvalue weighted by molar-refractivity contribution is 5.99. The molecule has 0 spiro atoms. The largest absolute Gasteiger partial charge is 0.450 e. The van der Waals surface area contributed by atoms with Crippen LogP contribution in [0.1, 0.15) is 56.9 Å². The smallest absolute Gasteiger partial charge is 0.291 e. The van der Waals surface area contributed by atoms with Crippen LogP contribution in [0.4, 0.5) is 0 Å². The molecule has 1 aliphatic heterocycles. The van der Waals surface area contributed by atoms with E-state index in [1.807, 2.05) is 50.2 Å². The monoisotopic (exact) mass is 424 g/mol. The van der Waals surface area contributed by atoms with Gasteiger partial charge in [0.2, 0.25) is 5.76 Å². The summed E-state index contributed by atoms with van der Waals surface area (Å²) in [7, 11) is 0. The number of nitrogens with zero attached hydrogens (tertiary/aromatic N) is 2. The predicted octanol–water partition coefficient (Wildman–Crippen LogP) is 5.11. The standard InChI is InChI=1S/C27H24N2O3/c1-4-18-7-9-20(10-8-18)23-22-24(30)21-13-16(2)12-17(3)25(21)32-26(22)27(31)29(23)15-19-6-5-11-28-14-19/h5-14,23H,4,15H2,1-3H3/t23-/m0/s1. The number of fused-ring (bicyclic) bond motifs is 2. The zero-order valence-electron chi connectivity index (χ0n) is 18.4. The maximum absolute atomic E-state index is 13.7. The fraction of sp³-hybridized carbons (Fsp3) is 0.222. The van der Waals surface area contributed by atoms with E-state index in [1.54, 1.807) is 17.3 Å². The van der Waals surface area contributed by atoms with Crippen molar-refractivity contribution in [2.45, 2.75) is 39.8 Å². The van der Waals surface area contributed by atoms with Crippen molar-refractivity contribution in [3.8, 4) is 0 Å². The van der Waals surface area contributed by atoms with E-state index in [2.05, 4.69) is 24.0 Å². The molecule has 0 radical (unpaired) electrons. The van der Waals surface area contributed by atoms with E-state index in [-0.39, 0.29) is 17.1 Å². The van der Waals surface area contributed by atoms with Crippen LogP contribution in [0.15, 0.2) is 70.1 Å². The second-order valence-electron chi connectivity index (χ2n) is 8.42. The van der Waals surface area contributed by atoms with E-state index in [0.29, 0.717) is 23.1 Å². The lowest BCUT2D eigenvalue weighted by Gasteiger charge is -2.25. The fourth-order valence-corrected chi connectivity index (χ4v) is 4.61. The van der Waals surface area contributed by atoms with Gasteiger partial charge in [-0.1, -0.05) is 43.3 Å². The lowest BCUT2D eigenvalue weighted by molar-refractivity contribution is 0.0714. The average Bonchev–Trinajstić information content (AvgIpc) is 3.07. The highest BCUT2D eigenvalue weighted by atomic mass is 16.3. The van der Waals surface area contributed by atoms with Crippen molar-refractivity contribution < 1.29 is 9.21 Å². The van der Waals surface area contributed by atoms with Crippen LogP contribution in [0.3, 0.4) is 0 Å². The molecule has 1 atom stereocenters. The van der Waals surface area contributed by atoms with E-state index < -0.39 is 6.04 Å². The van der Waals surface area contributed by atoms with Crippen LogP contribution < -0.4 is 5.43 Å². The third-order valence-electron chi connectivity index (χ3n) is 6.18. The van der Waals surface area contributed by atoms with Gasteiger partial charge in [0.05, 0.1) is 17.0 Å². The molecule has 1 aliphatic rings. The number of hydrogen-bond acceptors (Lipinski definition) is 4. The normalized spacial score (nSPS) is 15.4. The molecule has 2 aromatic heterocycles. The Kier molecular flexibility index (Phi) is 4.89. The van der Waals surface area contributed by atoms with Crippen molar-refractivity contribution in [2.24, 2.45) is 0 Å². The Hall–Kier alpha value is -3.73. The van der Waals surface area contributed by atoms with Crippen LogP contribution in [0.2, 0.25) is 0 Å². The quantitative estimate of drug-likeness (QED) is 0.457. The Labute approximate surface area is 186 Å². The second kappa shape index (κ2) is 7.75. The Balaban J connectivity index is 1.74.